The number of carbonyl (C=O) groups is 1. The minimum atomic E-state index is -0.131. The lowest BCUT2D eigenvalue weighted by atomic mass is 10.1. The van der Waals surface area contributed by atoms with Crippen molar-refractivity contribution in [2.24, 2.45) is 0 Å². The van der Waals surface area contributed by atoms with Crippen LogP contribution in [0.3, 0.4) is 0 Å². The Morgan fingerprint density at radius 2 is 2.05 bits per heavy atom. The van der Waals surface area contributed by atoms with Crippen LogP contribution in [-0.4, -0.2) is 24.0 Å². The van der Waals surface area contributed by atoms with E-state index in [9.17, 15) is 4.79 Å². The quantitative estimate of drug-likeness (QED) is 0.409. The number of unbranched alkanes of at least 4 members (excludes halogenated alkanes) is 3. The molecule has 0 aromatic heterocycles. The molecule has 1 amide bonds. The summed E-state index contributed by atoms with van der Waals surface area (Å²) in [6, 6.07) is 5.05. The monoisotopic (exact) mass is 395 g/mol. The van der Waals surface area contributed by atoms with Crippen LogP contribution in [0.5, 0.6) is 5.75 Å². The largest absolute Gasteiger partial charge is 0.496 e. The number of methoxy groups -OCH3 is 1. The lowest BCUT2D eigenvalue weighted by molar-refractivity contribution is 0.0950. The van der Waals surface area contributed by atoms with Crippen LogP contribution in [0.2, 0.25) is 5.02 Å². The van der Waals surface area contributed by atoms with Crippen LogP contribution in [0.15, 0.2) is 18.2 Å². The summed E-state index contributed by atoms with van der Waals surface area (Å²) in [5.41, 5.74) is 0.488. The summed E-state index contributed by atoms with van der Waals surface area (Å²) in [5, 5.41) is 3.43. The third-order valence-electron chi connectivity index (χ3n) is 2.75. The molecule has 19 heavy (non-hydrogen) atoms. The summed E-state index contributed by atoms with van der Waals surface area (Å²) in [6.45, 7) is 0.690. The highest BCUT2D eigenvalue weighted by atomic mass is 127. The van der Waals surface area contributed by atoms with Crippen LogP contribution in [-0.2, 0) is 0 Å². The SMILES string of the molecule is COc1ccc(Cl)cc1C(=O)NCCCCCCI. The standard InChI is InChI=1S/C14H19ClINO2/c1-19-13-7-6-11(15)10-12(13)14(18)17-9-5-3-2-4-8-16/h6-7,10H,2-5,8-9H2,1H3,(H,17,18). The van der Waals surface area contributed by atoms with Crippen molar-refractivity contribution in [2.45, 2.75) is 25.7 Å². The van der Waals surface area contributed by atoms with E-state index in [1.54, 1.807) is 25.3 Å². The number of halogens is 2. The van der Waals surface area contributed by atoms with Gasteiger partial charge in [0.25, 0.3) is 5.91 Å². The zero-order valence-corrected chi connectivity index (χ0v) is 14.0. The lowest BCUT2D eigenvalue weighted by Gasteiger charge is -2.09. The maximum absolute atomic E-state index is 12.0. The maximum atomic E-state index is 12.0. The van der Waals surface area contributed by atoms with Gasteiger partial charge in [-0.3, -0.25) is 4.79 Å². The number of carbonyl (C=O) groups excluding carboxylic acids is 1. The van der Waals surface area contributed by atoms with Gasteiger partial charge in [-0.05, 0) is 35.5 Å². The zero-order chi connectivity index (χ0) is 14.1. The van der Waals surface area contributed by atoms with Gasteiger partial charge in [0.1, 0.15) is 5.75 Å². The fraction of sp³-hybridized carbons (Fsp3) is 0.500. The molecule has 1 rings (SSSR count). The van der Waals surface area contributed by atoms with E-state index >= 15 is 0 Å². The summed E-state index contributed by atoms with van der Waals surface area (Å²) in [6.07, 6.45) is 4.62. The molecule has 0 spiro atoms. The molecular weight excluding hydrogens is 377 g/mol. The van der Waals surface area contributed by atoms with E-state index in [4.69, 9.17) is 16.3 Å². The van der Waals surface area contributed by atoms with Gasteiger partial charge in [0.05, 0.1) is 12.7 Å². The van der Waals surface area contributed by atoms with E-state index in [1.807, 2.05) is 0 Å². The first kappa shape index (κ1) is 16.6. The molecule has 3 nitrogen and oxygen atoms in total. The fourth-order valence-electron chi connectivity index (χ4n) is 1.73. The Morgan fingerprint density at radius 1 is 1.32 bits per heavy atom. The molecule has 0 bridgehead atoms. The third kappa shape index (κ3) is 5.99. The molecule has 0 heterocycles. The molecule has 1 aromatic rings. The average Bonchev–Trinajstić information content (AvgIpc) is 2.42. The molecule has 0 unspecified atom stereocenters. The van der Waals surface area contributed by atoms with Crippen LogP contribution in [0.4, 0.5) is 0 Å². The van der Waals surface area contributed by atoms with Crippen molar-refractivity contribution in [3.05, 3.63) is 28.8 Å². The van der Waals surface area contributed by atoms with E-state index in [0.29, 0.717) is 22.9 Å². The Hall–Kier alpha value is -0.490. The van der Waals surface area contributed by atoms with Crippen LogP contribution >= 0.6 is 34.2 Å². The second-order valence-electron chi connectivity index (χ2n) is 4.20. The van der Waals surface area contributed by atoms with Crippen LogP contribution in [0.1, 0.15) is 36.0 Å². The number of alkyl halides is 1. The van der Waals surface area contributed by atoms with Crippen molar-refractivity contribution >= 4 is 40.1 Å². The first-order valence-electron chi connectivity index (χ1n) is 6.36. The minimum absolute atomic E-state index is 0.131. The predicted octanol–water partition coefficient (Wildman–Crippen LogP) is 4.07. The maximum Gasteiger partial charge on any atom is 0.255 e. The number of benzene rings is 1. The second-order valence-corrected chi connectivity index (χ2v) is 5.72. The zero-order valence-electron chi connectivity index (χ0n) is 11.0. The van der Waals surface area contributed by atoms with Gasteiger partial charge in [-0.2, -0.15) is 0 Å². The summed E-state index contributed by atoms with van der Waals surface area (Å²) in [7, 11) is 1.55. The Bertz CT molecular complexity index is 412. The molecular formula is C14H19ClINO2. The van der Waals surface area contributed by atoms with Crippen LogP contribution in [0.25, 0.3) is 0 Å². The molecule has 0 aliphatic heterocycles. The Morgan fingerprint density at radius 3 is 2.74 bits per heavy atom. The molecule has 0 fully saturated rings. The van der Waals surface area contributed by atoms with Gasteiger partial charge < -0.3 is 10.1 Å². The van der Waals surface area contributed by atoms with Crippen molar-refractivity contribution in [1.82, 2.24) is 5.32 Å². The molecule has 1 N–H and O–H groups in total. The molecule has 0 atom stereocenters. The van der Waals surface area contributed by atoms with Crippen molar-refractivity contribution in [3.63, 3.8) is 0 Å². The molecule has 0 aliphatic carbocycles. The highest BCUT2D eigenvalue weighted by Crippen LogP contribution is 2.22. The Labute approximate surface area is 133 Å². The van der Waals surface area contributed by atoms with Crippen molar-refractivity contribution in [2.75, 3.05) is 18.1 Å². The lowest BCUT2D eigenvalue weighted by Crippen LogP contribution is -2.24. The third-order valence-corrected chi connectivity index (χ3v) is 3.75. The van der Waals surface area contributed by atoms with E-state index in [0.717, 1.165) is 12.8 Å². The number of hydrogen-bond donors (Lipinski definition) is 1. The minimum Gasteiger partial charge on any atom is -0.496 e. The highest BCUT2D eigenvalue weighted by Gasteiger charge is 2.12. The topological polar surface area (TPSA) is 38.3 Å². The summed E-state index contributed by atoms with van der Waals surface area (Å²) in [4.78, 5) is 12.0. The van der Waals surface area contributed by atoms with E-state index < -0.39 is 0 Å². The van der Waals surface area contributed by atoms with Crippen molar-refractivity contribution in [3.8, 4) is 5.75 Å². The first-order chi connectivity index (χ1) is 9.19. The van der Waals surface area contributed by atoms with E-state index in [-0.39, 0.29) is 5.91 Å². The molecule has 0 saturated carbocycles. The molecule has 0 radical (unpaired) electrons. The summed E-state index contributed by atoms with van der Waals surface area (Å²) < 4.78 is 6.36. The molecule has 5 heteroatoms. The molecule has 106 valence electrons. The van der Waals surface area contributed by atoms with Gasteiger partial charge in [0.2, 0.25) is 0 Å². The molecule has 0 saturated heterocycles. The Balaban J connectivity index is 2.43. The van der Waals surface area contributed by atoms with E-state index in [2.05, 4.69) is 27.9 Å². The fourth-order valence-corrected chi connectivity index (χ4v) is 2.44. The van der Waals surface area contributed by atoms with Crippen LogP contribution in [0, 0.1) is 0 Å². The first-order valence-corrected chi connectivity index (χ1v) is 8.27. The van der Waals surface area contributed by atoms with Gasteiger partial charge in [0.15, 0.2) is 0 Å². The average molecular weight is 396 g/mol. The van der Waals surface area contributed by atoms with Crippen LogP contribution < -0.4 is 10.1 Å². The van der Waals surface area contributed by atoms with Gasteiger partial charge >= 0.3 is 0 Å². The number of ether oxygens (including phenoxy) is 1. The highest BCUT2D eigenvalue weighted by molar-refractivity contribution is 14.1. The number of nitrogens with one attached hydrogen (secondary N) is 1. The number of rotatable bonds is 8. The Kier molecular flexibility index (Phi) is 8.21. The number of amides is 1. The van der Waals surface area contributed by atoms with Gasteiger partial charge in [-0.15, -0.1) is 0 Å². The summed E-state index contributed by atoms with van der Waals surface area (Å²) >= 11 is 8.28. The summed E-state index contributed by atoms with van der Waals surface area (Å²) in [5.74, 6) is 0.417. The van der Waals surface area contributed by atoms with Crippen molar-refractivity contribution < 1.29 is 9.53 Å². The van der Waals surface area contributed by atoms with Gasteiger partial charge in [0, 0.05) is 11.6 Å². The second kappa shape index (κ2) is 9.42. The van der Waals surface area contributed by atoms with Crippen molar-refractivity contribution in [1.29, 1.82) is 0 Å². The smallest absolute Gasteiger partial charge is 0.255 e. The van der Waals surface area contributed by atoms with Gasteiger partial charge in [-0.1, -0.05) is 47.0 Å². The normalized spacial score (nSPS) is 10.3. The predicted molar refractivity (Wildman–Crippen MR) is 87.7 cm³/mol. The number of hydrogen-bond acceptors (Lipinski definition) is 2. The molecule has 0 aliphatic rings. The molecule has 1 aromatic carbocycles. The van der Waals surface area contributed by atoms with Gasteiger partial charge in [-0.25, -0.2) is 0 Å². The van der Waals surface area contributed by atoms with E-state index in [1.165, 1.54) is 17.3 Å².